The van der Waals surface area contributed by atoms with Crippen LogP contribution in [0.3, 0.4) is 0 Å². The van der Waals surface area contributed by atoms with Crippen LogP contribution >= 0.6 is 12.4 Å². The molecule has 0 spiro atoms. The smallest absolute Gasteiger partial charge is 0.271 e. The van der Waals surface area contributed by atoms with E-state index in [9.17, 15) is 14.9 Å². The third-order valence-electron chi connectivity index (χ3n) is 3.36. The summed E-state index contributed by atoms with van der Waals surface area (Å²) in [7, 11) is 0. The van der Waals surface area contributed by atoms with E-state index < -0.39 is 4.92 Å². The topological polar surface area (TPSA) is 84.3 Å². The van der Waals surface area contributed by atoms with Gasteiger partial charge in [-0.3, -0.25) is 14.9 Å². The molecule has 1 aromatic carbocycles. The number of nitrogens with one attached hydrogen (secondary N) is 2. The number of hydrogen-bond donors (Lipinski definition) is 2. The molecule has 0 saturated carbocycles. The standard InChI is InChI=1S/C13H17N3O3.ClH/c1-9-4-5-11(16(18)19)7-12(9)15-13(17)10-3-2-6-14-8-10;/h4-5,7,10,14H,2-3,6,8H2,1H3,(H,15,17);1H. The van der Waals surface area contributed by atoms with Gasteiger partial charge in [-0.2, -0.15) is 0 Å². The Balaban J connectivity index is 0.00000200. The average Bonchev–Trinajstić information content (AvgIpc) is 2.42. The lowest BCUT2D eigenvalue weighted by Gasteiger charge is -2.22. The quantitative estimate of drug-likeness (QED) is 0.662. The molecule has 1 saturated heterocycles. The lowest BCUT2D eigenvalue weighted by molar-refractivity contribution is -0.384. The van der Waals surface area contributed by atoms with E-state index in [0.29, 0.717) is 12.2 Å². The Kier molecular flexibility index (Phi) is 5.91. The SMILES string of the molecule is Cc1ccc([N+](=O)[O-])cc1NC(=O)C1CCCNC1.Cl. The number of non-ortho nitro benzene ring substituents is 1. The average molecular weight is 300 g/mol. The molecule has 1 heterocycles. The van der Waals surface area contributed by atoms with Gasteiger partial charge in [-0.25, -0.2) is 0 Å². The number of aryl methyl sites for hydroxylation is 1. The maximum absolute atomic E-state index is 12.1. The van der Waals surface area contributed by atoms with E-state index in [-0.39, 0.29) is 29.9 Å². The number of nitro groups is 1. The molecule has 0 aliphatic carbocycles. The van der Waals surface area contributed by atoms with Crippen molar-refractivity contribution in [2.75, 3.05) is 18.4 Å². The second-order valence-corrected chi connectivity index (χ2v) is 4.79. The molecule has 20 heavy (non-hydrogen) atoms. The summed E-state index contributed by atoms with van der Waals surface area (Å²) in [5.74, 6) is -0.136. The normalized spacial score (nSPS) is 17.9. The van der Waals surface area contributed by atoms with Gasteiger partial charge >= 0.3 is 0 Å². The maximum Gasteiger partial charge on any atom is 0.271 e. The van der Waals surface area contributed by atoms with Crippen LogP contribution in [0.2, 0.25) is 0 Å². The van der Waals surface area contributed by atoms with Crippen molar-refractivity contribution in [1.82, 2.24) is 5.32 Å². The van der Waals surface area contributed by atoms with Crippen molar-refractivity contribution < 1.29 is 9.72 Å². The number of carbonyl (C=O) groups is 1. The summed E-state index contributed by atoms with van der Waals surface area (Å²) in [6.07, 6.45) is 1.83. The fourth-order valence-corrected chi connectivity index (χ4v) is 2.17. The molecule has 2 rings (SSSR count). The summed E-state index contributed by atoms with van der Waals surface area (Å²) in [6, 6.07) is 4.49. The molecule has 1 unspecified atom stereocenters. The van der Waals surface area contributed by atoms with Gasteiger partial charge in [-0.1, -0.05) is 6.07 Å². The molecule has 1 aliphatic rings. The number of halogens is 1. The number of piperidine rings is 1. The van der Waals surface area contributed by atoms with Gasteiger partial charge in [0.2, 0.25) is 5.91 Å². The molecule has 1 atom stereocenters. The molecule has 0 bridgehead atoms. The van der Waals surface area contributed by atoms with Crippen molar-refractivity contribution in [2.24, 2.45) is 5.92 Å². The van der Waals surface area contributed by atoms with Gasteiger partial charge in [0, 0.05) is 18.7 Å². The predicted molar refractivity (Wildman–Crippen MR) is 79.3 cm³/mol. The Morgan fingerprint density at radius 1 is 1.50 bits per heavy atom. The summed E-state index contributed by atoms with van der Waals surface area (Å²) in [4.78, 5) is 22.4. The molecule has 1 aliphatic heterocycles. The zero-order chi connectivity index (χ0) is 13.8. The summed E-state index contributed by atoms with van der Waals surface area (Å²) < 4.78 is 0. The van der Waals surface area contributed by atoms with Crippen LogP contribution in [0.5, 0.6) is 0 Å². The van der Waals surface area contributed by atoms with E-state index in [0.717, 1.165) is 24.9 Å². The number of nitrogens with zero attached hydrogens (tertiary/aromatic N) is 1. The van der Waals surface area contributed by atoms with Gasteiger partial charge in [0.1, 0.15) is 0 Å². The van der Waals surface area contributed by atoms with Gasteiger partial charge in [-0.05, 0) is 31.9 Å². The molecule has 110 valence electrons. The number of nitro benzene ring substituents is 1. The van der Waals surface area contributed by atoms with E-state index >= 15 is 0 Å². The highest BCUT2D eigenvalue weighted by Gasteiger charge is 2.21. The van der Waals surface area contributed by atoms with Crippen LogP contribution in [0.4, 0.5) is 11.4 Å². The predicted octanol–water partition coefficient (Wildman–Crippen LogP) is 2.26. The Hall–Kier alpha value is -1.66. The van der Waals surface area contributed by atoms with Crippen LogP contribution in [-0.4, -0.2) is 23.9 Å². The summed E-state index contributed by atoms with van der Waals surface area (Å²) in [5, 5.41) is 16.7. The number of hydrogen-bond acceptors (Lipinski definition) is 4. The Labute approximate surface area is 123 Å². The molecular weight excluding hydrogens is 282 g/mol. The molecule has 2 N–H and O–H groups in total. The van der Waals surface area contributed by atoms with Gasteiger partial charge in [-0.15, -0.1) is 12.4 Å². The van der Waals surface area contributed by atoms with Crippen molar-refractivity contribution in [2.45, 2.75) is 19.8 Å². The minimum atomic E-state index is -0.461. The molecule has 7 heteroatoms. The lowest BCUT2D eigenvalue weighted by atomic mass is 9.98. The lowest BCUT2D eigenvalue weighted by Crippen LogP contribution is -2.37. The van der Waals surface area contributed by atoms with Crippen molar-refractivity contribution in [3.8, 4) is 0 Å². The number of benzene rings is 1. The number of carbonyl (C=O) groups excluding carboxylic acids is 1. The first-order chi connectivity index (χ1) is 9.08. The Bertz CT molecular complexity index is 502. The van der Waals surface area contributed by atoms with E-state index in [1.165, 1.54) is 12.1 Å². The first kappa shape index (κ1) is 16.4. The van der Waals surface area contributed by atoms with Crippen LogP contribution < -0.4 is 10.6 Å². The zero-order valence-electron chi connectivity index (χ0n) is 11.2. The molecular formula is C13H18ClN3O3. The van der Waals surface area contributed by atoms with Crippen molar-refractivity contribution in [3.63, 3.8) is 0 Å². The van der Waals surface area contributed by atoms with E-state index in [1.54, 1.807) is 6.07 Å². The van der Waals surface area contributed by atoms with Gasteiger partial charge in [0.25, 0.3) is 5.69 Å². The molecule has 6 nitrogen and oxygen atoms in total. The summed E-state index contributed by atoms with van der Waals surface area (Å²) in [5.41, 5.74) is 1.33. The molecule has 0 aromatic heterocycles. The molecule has 1 aromatic rings. The highest BCUT2D eigenvalue weighted by atomic mass is 35.5. The van der Waals surface area contributed by atoms with Crippen LogP contribution in [0.25, 0.3) is 0 Å². The van der Waals surface area contributed by atoms with Crippen LogP contribution in [-0.2, 0) is 4.79 Å². The summed E-state index contributed by atoms with van der Waals surface area (Å²) in [6.45, 7) is 3.43. The first-order valence-electron chi connectivity index (χ1n) is 6.34. The first-order valence-corrected chi connectivity index (χ1v) is 6.34. The van der Waals surface area contributed by atoms with Gasteiger partial charge < -0.3 is 10.6 Å². The van der Waals surface area contributed by atoms with E-state index in [2.05, 4.69) is 10.6 Å². The van der Waals surface area contributed by atoms with E-state index in [1.807, 2.05) is 6.92 Å². The maximum atomic E-state index is 12.1. The Morgan fingerprint density at radius 3 is 2.85 bits per heavy atom. The van der Waals surface area contributed by atoms with Crippen molar-refractivity contribution in [1.29, 1.82) is 0 Å². The minimum absolute atomic E-state index is 0. The fraction of sp³-hybridized carbons (Fsp3) is 0.462. The third kappa shape index (κ3) is 3.91. The van der Waals surface area contributed by atoms with E-state index in [4.69, 9.17) is 0 Å². The number of anilines is 1. The van der Waals surface area contributed by atoms with Crippen molar-refractivity contribution >= 4 is 29.7 Å². The minimum Gasteiger partial charge on any atom is -0.325 e. The van der Waals surface area contributed by atoms with Crippen LogP contribution in [0.1, 0.15) is 18.4 Å². The largest absolute Gasteiger partial charge is 0.325 e. The van der Waals surface area contributed by atoms with Crippen LogP contribution in [0.15, 0.2) is 18.2 Å². The van der Waals surface area contributed by atoms with Crippen LogP contribution in [0, 0.1) is 23.0 Å². The second kappa shape index (κ2) is 7.21. The Morgan fingerprint density at radius 2 is 2.25 bits per heavy atom. The van der Waals surface area contributed by atoms with Crippen molar-refractivity contribution in [3.05, 3.63) is 33.9 Å². The molecule has 0 radical (unpaired) electrons. The number of amides is 1. The van der Waals surface area contributed by atoms with Gasteiger partial charge in [0.15, 0.2) is 0 Å². The highest BCUT2D eigenvalue weighted by Crippen LogP contribution is 2.23. The highest BCUT2D eigenvalue weighted by molar-refractivity contribution is 5.93. The fourth-order valence-electron chi connectivity index (χ4n) is 2.17. The summed E-state index contributed by atoms with van der Waals surface area (Å²) >= 11 is 0. The van der Waals surface area contributed by atoms with Gasteiger partial charge in [0.05, 0.1) is 16.5 Å². The third-order valence-corrected chi connectivity index (χ3v) is 3.36. The monoisotopic (exact) mass is 299 g/mol. The zero-order valence-corrected chi connectivity index (χ0v) is 12.0. The molecule has 1 amide bonds. The second-order valence-electron chi connectivity index (χ2n) is 4.79. The number of rotatable bonds is 3. The molecule has 1 fully saturated rings.